The first-order chi connectivity index (χ1) is 7.50. The number of H-pyrrole nitrogens is 1. The highest BCUT2D eigenvalue weighted by atomic mass is 32.2. The van der Waals surface area contributed by atoms with Crippen LogP contribution in [-0.4, -0.2) is 18.4 Å². The van der Waals surface area contributed by atoms with E-state index in [9.17, 15) is 8.42 Å². The van der Waals surface area contributed by atoms with Crippen molar-refractivity contribution in [3.63, 3.8) is 0 Å². The Kier molecular flexibility index (Phi) is 2.53. The van der Waals surface area contributed by atoms with E-state index in [2.05, 4.69) is 16.5 Å². The molecule has 1 heterocycles. The number of nitrogens with two attached hydrogens (primary N) is 1. The Morgan fingerprint density at radius 1 is 1.50 bits per heavy atom. The summed E-state index contributed by atoms with van der Waals surface area (Å²) in [5.74, 6) is 0.747. The molecule has 0 aliphatic carbocycles. The zero-order valence-electron chi connectivity index (χ0n) is 8.47. The Morgan fingerprint density at radius 3 is 2.88 bits per heavy atom. The number of imidazole rings is 1. The molecule has 0 saturated carbocycles. The molecule has 0 aliphatic heterocycles. The van der Waals surface area contributed by atoms with Gasteiger partial charge >= 0.3 is 0 Å². The van der Waals surface area contributed by atoms with Gasteiger partial charge in [0.2, 0.25) is 10.0 Å². The third-order valence-electron chi connectivity index (χ3n) is 2.17. The molecule has 0 atom stereocenters. The minimum absolute atomic E-state index is 0.0663. The first-order valence-corrected chi connectivity index (χ1v) is 6.17. The second-order valence-corrected chi connectivity index (χ2v) is 4.96. The summed E-state index contributed by atoms with van der Waals surface area (Å²) in [7, 11) is -3.67. The Balaban J connectivity index is 2.58. The fourth-order valence-electron chi connectivity index (χ4n) is 1.45. The predicted molar refractivity (Wildman–Crippen MR) is 61.4 cm³/mol. The molecule has 6 heteroatoms. The fraction of sp³-hybridized carbons (Fsp3) is 0.100. The van der Waals surface area contributed by atoms with Crippen LogP contribution in [0, 0.1) is 0 Å². The summed E-state index contributed by atoms with van der Waals surface area (Å²) < 4.78 is 22.3. The second-order valence-electron chi connectivity index (χ2n) is 3.40. The van der Waals surface area contributed by atoms with Crippen LogP contribution in [0.2, 0.25) is 0 Å². The number of aromatic amines is 1. The predicted octanol–water partition coefficient (Wildman–Crippen LogP) is 0.939. The second kappa shape index (κ2) is 3.73. The van der Waals surface area contributed by atoms with Gasteiger partial charge in [0.05, 0.1) is 15.9 Å². The minimum atomic E-state index is -3.67. The summed E-state index contributed by atoms with van der Waals surface area (Å²) in [6, 6.07) is 4.55. The zero-order valence-corrected chi connectivity index (χ0v) is 9.29. The molecule has 5 nitrogen and oxygen atoms in total. The average Bonchev–Trinajstić information content (AvgIpc) is 2.57. The Hall–Kier alpha value is -1.66. The molecular formula is C10H11N3O2S. The summed E-state index contributed by atoms with van der Waals surface area (Å²) in [5, 5.41) is 5.03. The van der Waals surface area contributed by atoms with E-state index in [1.54, 1.807) is 12.1 Å². The van der Waals surface area contributed by atoms with E-state index < -0.39 is 10.0 Å². The Morgan fingerprint density at radius 2 is 2.25 bits per heavy atom. The van der Waals surface area contributed by atoms with Crippen molar-refractivity contribution in [2.24, 2.45) is 5.14 Å². The molecule has 2 rings (SSSR count). The van der Waals surface area contributed by atoms with Crippen LogP contribution in [0.25, 0.3) is 11.0 Å². The van der Waals surface area contributed by atoms with Gasteiger partial charge in [0, 0.05) is 6.42 Å². The number of nitrogens with zero attached hydrogens (tertiary/aromatic N) is 1. The molecule has 84 valence electrons. The molecule has 0 saturated heterocycles. The van der Waals surface area contributed by atoms with Gasteiger partial charge in [-0.25, -0.2) is 18.5 Å². The van der Waals surface area contributed by atoms with Crippen molar-refractivity contribution >= 4 is 21.1 Å². The molecule has 0 fully saturated rings. The lowest BCUT2D eigenvalue weighted by atomic mass is 10.3. The smallest absolute Gasteiger partial charge is 0.238 e. The van der Waals surface area contributed by atoms with Crippen molar-refractivity contribution in [1.29, 1.82) is 0 Å². The zero-order chi connectivity index (χ0) is 11.8. The van der Waals surface area contributed by atoms with Crippen molar-refractivity contribution in [3.8, 4) is 0 Å². The maximum atomic E-state index is 11.1. The number of primary sulfonamides is 1. The van der Waals surface area contributed by atoms with Gasteiger partial charge in [0.1, 0.15) is 5.82 Å². The molecule has 2 aromatic rings. The lowest BCUT2D eigenvalue weighted by molar-refractivity contribution is 0.598. The SMILES string of the molecule is C=CCc1nc2cc(S(N)(=O)=O)ccc2[nH]1. The van der Waals surface area contributed by atoms with Gasteiger partial charge in [-0.1, -0.05) is 6.08 Å². The molecule has 0 radical (unpaired) electrons. The van der Waals surface area contributed by atoms with E-state index in [1.807, 2.05) is 0 Å². The molecule has 3 N–H and O–H groups in total. The molecule has 1 aromatic heterocycles. The quantitative estimate of drug-likeness (QED) is 0.778. The molecule has 0 bridgehead atoms. The lowest BCUT2D eigenvalue weighted by Crippen LogP contribution is -2.11. The summed E-state index contributed by atoms with van der Waals surface area (Å²) in [6.45, 7) is 3.61. The maximum absolute atomic E-state index is 11.1. The van der Waals surface area contributed by atoms with Crippen molar-refractivity contribution in [3.05, 3.63) is 36.7 Å². The van der Waals surface area contributed by atoms with Crippen LogP contribution in [0.3, 0.4) is 0 Å². The largest absolute Gasteiger partial charge is 0.342 e. The van der Waals surface area contributed by atoms with E-state index >= 15 is 0 Å². The molecule has 16 heavy (non-hydrogen) atoms. The number of hydrogen-bond donors (Lipinski definition) is 2. The van der Waals surface area contributed by atoms with Crippen LogP contribution < -0.4 is 5.14 Å². The van der Waals surface area contributed by atoms with Crippen LogP contribution in [-0.2, 0) is 16.4 Å². The molecule has 0 amide bonds. The third kappa shape index (κ3) is 1.98. The monoisotopic (exact) mass is 237 g/mol. The van der Waals surface area contributed by atoms with Gasteiger partial charge in [-0.2, -0.15) is 0 Å². The van der Waals surface area contributed by atoms with Crippen molar-refractivity contribution in [1.82, 2.24) is 9.97 Å². The first kappa shape index (κ1) is 10.8. The lowest BCUT2D eigenvalue weighted by Gasteiger charge is -1.96. The van der Waals surface area contributed by atoms with E-state index in [1.165, 1.54) is 12.1 Å². The van der Waals surface area contributed by atoms with Crippen LogP contribution in [0.4, 0.5) is 0 Å². The number of benzene rings is 1. The highest BCUT2D eigenvalue weighted by Crippen LogP contribution is 2.16. The standard InChI is InChI=1S/C10H11N3O2S/c1-2-3-10-12-8-5-4-7(16(11,14)15)6-9(8)13-10/h2,4-6H,1,3H2,(H,12,13)(H2,11,14,15). The average molecular weight is 237 g/mol. The van der Waals surface area contributed by atoms with E-state index in [0.717, 1.165) is 11.3 Å². The molecule has 0 unspecified atom stereocenters. The van der Waals surface area contributed by atoms with Crippen LogP contribution in [0.1, 0.15) is 5.82 Å². The Bertz CT molecular complexity index is 643. The number of nitrogens with one attached hydrogen (secondary N) is 1. The van der Waals surface area contributed by atoms with Crippen LogP contribution in [0.15, 0.2) is 35.7 Å². The van der Waals surface area contributed by atoms with Crippen LogP contribution >= 0.6 is 0 Å². The Labute approximate surface area is 93.0 Å². The minimum Gasteiger partial charge on any atom is -0.342 e. The number of sulfonamides is 1. The van der Waals surface area contributed by atoms with E-state index in [4.69, 9.17) is 5.14 Å². The van der Waals surface area contributed by atoms with E-state index in [0.29, 0.717) is 11.9 Å². The van der Waals surface area contributed by atoms with Crippen molar-refractivity contribution in [2.45, 2.75) is 11.3 Å². The normalized spacial score (nSPS) is 11.8. The maximum Gasteiger partial charge on any atom is 0.238 e. The van der Waals surface area contributed by atoms with Gasteiger partial charge in [-0.3, -0.25) is 0 Å². The van der Waals surface area contributed by atoms with E-state index in [-0.39, 0.29) is 4.90 Å². The van der Waals surface area contributed by atoms with Gasteiger partial charge in [0.25, 0.3) is 0 Å². The number of hydrogen-bond acceptors (Lipinski definition) is 3. The van der Waals surface area contributed by atoms with Crippen LogP contribution in [0.5, 0.6) is 0 Å². The van der Waals surface area contributed by atoms with Crippen molar-refractivity contribution in [2.75, 3.05) is 0 Å². The first-order valence-electron chi connectivity index (χ1n) is 4.63. The van der Waals surface area contributed by atoms with Gasteiger partial charge in [-0.05, 0) is 18.2 Å². The molecule has 0 aliphatic rings. The molecule has 0 spiro atoms. The van der Waals surface area contributed by atoms with Gasteiger partial charge in [-0.15, -0.1) is 6.58 Å². The topological polar surface area (TPSA) is 88.8 Å². The van der Waals surface area contributed by atoms with Crippen molar-refractivity contribution < 1.29 is 8.42 Å². The molecule has 1 aromatic carbocycles. The fourth-order valence-corrected chi connectivity index (χ4v) is 1.98. The molecular weight excluding hydrogens is 226 g/mol. The number of fused-ring (bicyclic) bond motifs is 1. The summed E-state index contributed by atoms with van der Waals surface area (Å²) >= 11 is 0. The third-order valence-corrected chi connectivity index (χ3v) is 3.08. The number of aromatic nitrogens is 2. The highest BCUT2D eigenvalue weighted by molar-refractivity contribution is 7.89. The summed E-state index contributed by atoms with van der Waals surface area (Å²) in [5.41, 5.74) is 1.37. The number of allylic oxidation sites excluding steroid dienone is 1. The summed E-state index contributed by atoms with van der Waals surface area (Å²) in [6.07, 6.45) is 2.33. The van der Waals surface area contributed by atoms with Gasteiger partial charge in [0.15, 0.2) is 0 Å². The number of rotatable bonds is 3. The highest BCUT2D eigenvalue weighted by Gasteiger charge is 2.10. The van der Waals surface area contributed by atoms with Gasteiger partial charge < -0.3 is 4.98 Å². The summed E-state index contributed by atoms with van der Waals surface area (Å²) in [4.78, 5) is 7.35.